The number of hydrogen-bond acceptors (Lipinski definition) is 3. The summed E-state index contributed by atoms with van der Waals surface area (Å²) in [5, 5.41) is 4.16. The van der Waals surface area contributed by atoms with Gasteiger partial charge in [0.05, 0.1) is 11.9 Å². The molecule has 13 heavy (non-hydrogen) atoms. The number of hydrogen-bond donors (Lipinski definition) is 1. The van der Waals surface area contributed by atoms with Gasteiger partial charge in [-0.3, -0.25) is 4.68 Å². The highest BCUT2D eigenvalue weighted by Crippen LogP contribution is 2.25. The lowest BCUT2D eigenvalue weighted by molar-refractivity contribution is 0.00280. The van der Waals surface area contributed by atoms with Crippen LogP contribution in [-0.4, -0.2) is 23.4 Å². The number of aryl methyl sites for hydroxylation is 2. The number of rotatable bonds is 3. The predicted octanol–water partition coefficient (Wildman–Crippen LogP) is 0.549. The topological polar surface area (TPSA) is 53.1 Å². The average Bonchev–Trinajstić information content (AvgIpc) is 2.46. The van der Waals surface area contributed by atoms with Gasteiger partial charge in [-0.25, -0.2) is 0 Å². The molecule has 1 aromatic rings. The largest absolute Gasteiger partial charge is 0.371 e. The molecular weight excluding hydrogens is 166 g/mol. The summed E-state index contributed by atoms with van der Waals surface area (Å²) in [6, 6.07) is 0. The zero-order valence-corrected chi connectivity index (χ0v) is 8.66. The minimum atomic E-state index is -0.435. The summed E-state index contributed by atoms with van der Waals surface area (Å²) in [5.41, 5.74) is 7.39. The molecule has 0 radical (unpaired) electrons. The van der Waals surface area contributed by atoms with Crippen molar-refractivity contribution in [3.63, 3.8) is 0 Å². The van der Waals surface area contributed by atoms with Crippen LogP contribution in [0.1, 0.15) is 18.2 Å². The van der Waals surface area contributed by atoms with E-state index in [0.29, 0.717) is 6.54 Å². The summed E-state index contributed by atoms with van der Waals surface area (Å²) in [7, 11) is 3.56. The number of aromatic nitrogens is 2. The molecule has 1 aromatic heterocycles. The minimum Gasteiger partial charge on any atom is -0.371 e. The van der Waals surface area contributed by atoms with Crippen LogP contribution in [0.2, 0.25) is 0 Å². The standard InChI is InChI=1S/C9H17N3O/c1-7-5-11-12(3)8(7)9(2,6-10)13-4/h5H,6,10H2,1-4H3. The third-order valence-corrected chi connectivity index (χ3v) is 2.46. The molecule has 0 aliphatic carbocycles. The van der Waals surface area contributed by atoms with Crippen LogP contribution in [0.3, 0.4) is 0 Å². The fraction of sp³-hybridized carbons (Fsp3) is 0.667. The van der Waals surface area contributed by atoms with Crippen LogP contribution in [0.25, 0.3) is 0 Å². The smallest absolute Gasteiger partial charge is 0.119 e. The molecular formula is C9H17N3O. The van der Waals surface area contributed by atoms with E-state index in [0.717, 1.165) is 11.3 Å². The molecule has 4 heteroatoms. The molecule has 2 N–H and O–H groups in total. The monoisotopic (exact) mass is 183 g/mol. The molecule has 0 aromatic carbocycles. The molecule has 1 rings (SSSR count). The highest BCUT2D eigenvalue weighted by molar-refractivity contribution is 5.22. The van der Waals surface area contributed by atoms with Gasteiger partial charge in [0.15, 0.2) is 0 Å². The van der Waals surface area contributed by atoms with E-state index in [-0.39, 0.29) is 0 Å². The Morgan fingerprint density at radius 2 is 2.31 bits per heavy atom. The first kappa shape index (κ1) is 10.2. The molecule has 1 heterocycles. The van der Waals surface area contributed by atoms with E-state index in [1.165, 1.54) is 0 Å². The average molecular weight is 183 g/mol. The van der Waals surface area contributed by atoms with Crippen molar-refractivity contribution in [1.82, 2.24) is 9.78 Å². The van der Waals surface area contributed by atoms with Crippen molar-refractivity contribution in [2.45, 2.75) is 19.4 Å². The van der Waals surface area contributed by atoms with Gasteiger partial charge in [-0.1, -0.05) is 0 Å². The third kappa shape index (κ3) is 1.59. The summed E-state index contributed by atoms with van der Waals surface area (Å²) >= 11 is 0. The second-order valence-corrected chi connectivity index (χ2v) is 3.44. The third-order valence-electron chi connectivity index (χ3n) is 2.46. The summed E-state index contributed by atoms with van der Waals surface area (Å²) in [5.74, 6) is 0. The van der Waals surface area contributed by atoms with Gasteiger partial charge in [0, 0.05) is 20.7 Å². The maximum Gasteiger partial charge on any atom is 0.119 e. The van der Waals surface area contributed by atoms with Crippen LogP contribution in [0, 0.1) is 6.92 Å². The van der Waals surface area contributed by atoms with Crippen molar-refractivity contribution in [3.8, 4) is 0 Å². The zero-order valence-electron chi connectivity index (χ0n) is 8.66. The molecule has 0 aliphatic rings. The van der Waals surface area contributed by atoms with Crippen molar-refractivity contribution in [3.05, 3.63) is 17.5 Å². The van der Waals surface area contributed by atoms with E-state index in [9.17, 15) is 0 Å². The molecule has 1 unspecified atom stereocenters. The second kappa shape index (κ2) is 3.47. The van der Waals surface area contributed by atoms with Crippen LogP contribution in [0.15, 0.2) is 6.20 Å². The van der Waals surface area contributed by atoms with Gasteiger partial charge in [-0.05, 0) is 19.4 Å². The highest BCUT2D eigenvalue weighted by Gasteiger charge is 2.29. The van der Waals surface area contributed by atoms with Gasteiger partial charge in [0.25, 0.3) is 0 Å². The summed E-state index contributed by atoms with van der Waals surface area (Å²) in [6.45, 7) is 4.43. The predicted molar refractivity (Wildman–Crippen MR) is 51.4 cm³/mol. The van der Waals surface area contributed by atoms with Gasteiger partial charge in [-0.15, -0.1) is 0 Å². The Morgan fingerprint density at radius 1 is 1.69 bits per heavy atom. The quantitative estimate of drug-likeness (QED) is 0.744. The van der Waals surface area contributed by atoms with Crippen molar-refractivity contribution in [2.75, 3.05) is 13.7 Å². The molecule has 0 saturated carbocycles. The van der Waals surface area contributed by atoms with Crippen molar-refractivity contribution >= 4 is 0 Å². The molecule has 0 amide bonds. The Morgan fingerprint density at radius 3 is 2.62 bits per heavy atom. The van der Waals surface area contributed by atoms with Gasteiger partial charge >= 0.3 is 0 Å². The molecule has 4 nitrogen and oxygen atoms in total. The maximum absolute atomic E-state index is 5.68. The van der Waals surface area contributed by atoms with Crippen molar-refractivity contribution in [2.24, 2.45) is 12.8 Å². The van der Waals surface area contributed by atoms with E-state index in [1.54, 1.807) is 7.11 Å². The lowest BCUT2D eigenvalue weighted by Crippen LogP contribution is -2.36. The van der Waals surface area contributed by atoms with Crippen LogP contribution in [0.5, 0.6) is 0 Å². The molecule has 0 bridgehead atoms. The van der Waals surface area contributed by atoms with Crippen LogP contribution in [0.4, 0.5) is 0 Å². The minimum absolute atomic E-state index is 0.435. The van der Waals surface area contributed by atoms with Gasteiger partial charge in [0.2, 0.25) is 0 Å². The van der Waals surface area contributed by atoms with E-state index in [2.05, 4.69) is 5.10 Å². The van der Waals surface area contributed by atoms with E-state index in [4.69, 9.17) is 10.5 Å². The first-order valence-electron chi connectivity index (χ1n) is 4.29. The summed E-state index contributed by atoms with van der Waals surface area (Å²) < 4.78 is 7.22. The first-order chi connectivity index (χ1) is 6.05. The van der Waals surface area contributed by atoms with Crippen LogP contribution >= 0.6 is 0 Å². The Hall–Kier alpha value is -0.870. The van der Waals surface area contributed by atoms with Crippen LogP contribution < -0.4 is 5.73 Å². The van der Waals surface area contributed by atoms with E-state index >= 15 is 0 Å². The van der Waals surface area contributed by atoms with E-state index < -0.39 is 5.60 Å². The van der Waals surface area contributed by atoms with Crippen LogP contribution in [-0.2, 0) is 17.4 Å². The summed E-state index contributed by atoms with van der Waals surface area (Å²) in [6.07, 6.45) is 1.82. The molecule has 0 fully saturated rings. The molecule has 0 aliphatic heterocycles. The number of nitrogens with two attached hydrogens (primary N) is 1. The van der Waals surface area contributed by atoms with Gasteiger partial charge < -0.3 is 10.5 Å². The van der Waals surface area contributed by atoms with Gasteiger partial charge in [0.1, 0.15) is 5.60 Å². The Kier molecular flexibility index (Phi) is 2.73. The fourth-order valence-electron chi connectivity index (χ4n) is 1.58. The number of methoxy groups -OCH3 is 1. The lowest BCUT2D eigenvalue weighted by Gasteiger charge is -2.27. The highest BCUT2D eigenvalue weighted by atomic mass is 16.5. The Balaban J connectivity index is 3.18. The zero-order chi connectivity index (χ0) is 10.1. The second-order valence-electron chi connectivity index (χ2n) is 3.44. The molecule has 0 saturated heterocycles. The van der Waals surface area contributed by atoms with E-state index in [1.807, 2.05) is 31.8 Å². The number of ether oxygens (including phenoxy) is 1. The lowest BCUT2D eigenvalue weighted by atomic mass is 9.99. The Bertz CT molecular complexity index is 270. The maximum atomic E-state index is 5.68. The normalized spacial score (nSPS) is 15.8. The molecule has 74 valence electrons. The fourth-order valence-corrected chi connectivity index (χ4v) is 1.58. The molecule has 1 atom stereocenters. The Labute approximate surface area is 78.7 Å². The first-order valence-corrected chi connectivity index (χ1v) is 4.29. The SMILES string of the molecule is COC(C)(CN)c1c(C)cnn1C. The van der Waals surface area contributed by atoms with Crippen molar-refractivity contribution in [1.29, 1.82) is 0 Å². The summed E-state index contributed by atoms with van der Waals surface area (Å²) in [4.78, 5) is 0. The van der Waals surface area contributed by atoms with Gasteiger partial charge in [-0.2, -0.15) is 5.10 Å². The molecule has 0 spiro atoms. The number of nitrogens with zero attached hydrogens (tertiary/aromatic N) is 2. The van der Waals surface area contributed by atoms with Crippen molar-refractivity contribution < 1.29 is 4.74 Å².